The van der Waals surface area contributed by atoms with Gasteiger partial charge in [0.2, 0.25) is 5.91 Å². The molecule has 0 aliphatic carbocycles. The normalized spacial score (nSPS) is 18.7. The molecule has 1 unspecified atom stereocenters. The molecule has 2 fully saturated rings. The Morgan fingerprint density at radius 2 is 1.77 bits per heavy atom. The van der Waals surface area contributed by atoms with Crippen LogP contribution in [0.25, 0.3) is 11.3 Å². The molecule has 8 nitrogen and oxygen atoms in total. The number of pyridine rings is 1. The van der Waals surface area contributed by atoms with Crippen LogP contribution in [0.4, 0.5) is 19.0 Å². The van der Waals surface area contributed by atoms with E-state index in [1.807, 2.05) is 6.07 Å². The minimum absolute atomic E-state index is 0.0932. The van der Waals surface area contributed by atoms with Gasteiger partial charge >= 0.3 is 6.18 Å². The zero-order valence-corrected chi connectivity index (χ0v) is 26.9. The molecule has 2 saturated heterocycles. The molecular weight excluding hydrogens is 635 g/mol. The standard InChI is InChI=1S/C30H35ClF3N5O3S2/c1-20(2)19-37-12-14-38(15-13-37)27-17-21(16-24(36-27)22-5-7-23(8-6-22)30(32,33)34)18-35-29(40)25-4-3-11-39(25)44(41,42)28-10-9-26(31)43-28/h5-10,16-17,20,25H,3-4,11-15,18-19H2,1-2H3,(H,35,40). The second-order valence-corrected chi connectivity index (χ2v) is 15.4. The van der Waals surface area contributed by atoms with Crippen LogP contribution in [0.1, 0.15) is 37.8 Å². The average molecular weight is 670 g/mol. The molecule has 0 radical (unpaired) electrons. The first-order valence-electron chi connectivity index (χ1n) is 14.5. The predicted molar refractivity (Wildman–Crippen MR) is 166 cm³/mol. The first-order chi connectivity index (χ1) is 20.8. The summed E-state index contributed by atoms with van der Waals surface area (Å²) in [5, 5.41) is 2.90. The SMILES string of the molecule is CC(C)CN1CCN(c2cc(CNC(=O)C3CCCN3S(=O)(=O)c3ccc(Cl)s3)cc(-c3ccc(C(F)(F)F)cc3)n2)CC1. The van der Waals surface area contributed by atoms with E-state index in [1.165, 1.54) is 28.6 Å². The second-order valence-electron chi connectivity index (χ2n) is 11.5. The Balaban J connectivity index is 1.36. The van der Waals surface area contributed by atoms with Gasteiger partial charge in [-0.3, -0.25) is 9.69 Å². The van der Waals surface area contributed by atoms with Gasteiger partial charge in [0.25, 0.3) is 10.0 Å². The Morgan fingerprint density at radius 1 is 1.07 bits per heavy atom. The van der Waals surface area contributed by atoms with E-state index in [0.717, 1.165) is 56.2 Å². The third kappa shape index (κ3) is 7.56. The molecule has 4 heterocycles. The first-order valence-corrected chi connectivity index (χ1v) is 17.2. The van der Waals surface area contributed by atoms with Gasteiger partial charge in [0.1, 0.15) is 16.1 Å². The molecule has 0 spiro atoms. The number of sulfonamides is 1. The topological polar surface area (TPSA) is 85.9 Å². The van der Waals surface area contributed by atoms with Gasteiger partial charge in [0, 0.05) is 51.4 Å². The van der Waals surface area contributed by atoms with Gasteiger partial charge in [-0.1, -0.05) is 37.6 Å². The van der Waals surface area contributed by atoms with Gasteiger partial charge in [0.05, 0.1) is 15.6 Å². The van der Waals surface area contributed by atoms with Crippen molar-refractivity contribution in [2.24, 2.45) is 5.92 Å². The van der Waals surface area contributed by atoms with E-state index in [4.69, 9.17) is 16.6 Å². The lowest BCUT2D eigenvalue weighted by atomic mass is 10.1. The molecule has 5 rings (SSSR count). The number of nitrogens with one attached hydrogen (secondary N) is 1. The fourth-order valence-corrected chi connectivity index (χ4v) is 8.91. The van der Waals surface area contributed by atoms with Crippen molar-refractivity contribution in [3.05, 3.63) is 64.0 Å². The van der Waals surface area contributed by atoms with Gasteiger partial charge in [-0.2, -0.15) is 17.5 Å². The third-order valence-corrected chi connectivity index (χ3v) is 11.4. The molecule has 0 bridgehead atoms. The highest BCUT2D eigenvalue weighted by atomic mass is 35.5. The quantitative estimate of drug-likeness (QED) is 0.313. The van der Waals surface area contributed by atoms with Gasteiger partial charge < -0.3 is 10.2 Å². The summed E-state index contributed by atoms with van der Waals surface area (Å²) in [7, 11) is -3.88. The third-order valence-electron chi connectivity index (χ3n) is 7.78. The van der Waals surface area contributed by atoms with Crippen molar-refractivity contribution in [3.63, 3.8) is 0 Å². The lowest BCUT2D eigenvalue weighted by Crippen LogP contribution is -2.47. The number of hydrogen-bond donors (Lipinski definition) is 1. The molecular formula is C30H35ClF3N5O3S2. The molecule has 1 amide bonds. The van der Waals surface area contributed by atoms with Crippen LogP contribution in [0.2, 0.25) is 4.34 Å². The van der Waals surface area contributed by atoms with Crippen LogP contribution < -0.4 is 10.2 Å². The molecule has 2 aromatic heterocycles. The van der Waals surface area contributed by atoms with Crippen LogP contribution >= 0.6 is 22.9 Å². The number of aromatic nitrogens is 1. The molecule has 2 aliphatic heterocycles. The molecule has 1 atom stereocenters. The Labute approximate surface area is 264 Å². The lowest BCUT2D eigenvalue weighted by Gasteiger charge is -2.36. The van der Waals surface area contributed by atoms with Gasteiger partial charge in [-0.05, 0) is 60.7 Å². The number of alkyl halides is 3. The summed E-state index contributed by atoms with van der Waals surface area (Å²) >= 11 is 6.92. The Morgan fingerprint density at radius 3 is 2.39 bits per heavy atom. The van der Waals surface area contributed by atoms with E-state index < -0.39 is 33.7 Å². The summed E-state index contributed by atoms with van der Waals surface area (Å²) < 4.78 is 67.7. The summed E-state index contributed by atoms with van der Waals surface area (Å²) in [5.41, 5.74) is 0.977. The van der Waals surface area contributed by atoms with Gasteiger partial charge in [-0.15, -0.1) is 11.3 Å². The maximum atomic E-state index is 13.3. The summed E-state index contributed by atoms with van der Waals surface area (Å²) in [5.74, 6) is 0.813. The fraction of sp³-hybridized carbons (Fsp3) is 0.467. The predicted octanol–water partition coefficient (Wildman–Crippen LogP) is 5.73. The number of amides is 1. The van der Waals surface area contributed by atoms with E-state index in [1.54, 1.807) is 6.07 Å². The number of anilines is 1. The van der Waals surface area contributed by atoms with Crippen LogP contribution in [-0.2, 0) is 27.5 Å². The molecule has 2 aliphatic rings. The maximum absolute atomic E-state index is 13.3. The fourth-order valence-electron chi connectivity index (χ4n) is 5.64. The summed E-state index contributed by atoms with van der Waals surface area (Å²) in [6.07, 6.45) is -3.50. The van der Waals surface area contributed by atoms with E-state index in [9.17, 15) is 26.4 Å². The number of rotatable bonds is 9. The van der Waals surface area contributed by atoms with E-state index in [0.29, 0.717) is 45.7 Å². The number of nitrogens with zero attached hydrogens (tertiary/aromatic N) is 4. The van der Waals surface area contributed by atoms with Crippen molar-refractivity contribution in [1.29, 1.82) is 0 Å². The monoisotopic (exact) mass is 669 g/mol. The lowest BCUT2D eigenvalue weighted by molar-refractivity contribution is -0.137. The zero-order valence-electron chi connectivity index (χ0n) is 24.5. The van der Waals surface area contributed by atoms with E-state index in [-0.39, 0.29) is 17.3 Å². The second kappa shape index (κ2) is 13.3. The number of thiophene rings is 1. The van der Waals surface area contributed by atoms with Crippen molar-refractivity contribution < 1.29 is 26.4 Å². The highest BCUT2D eigenvalue weighted by molar-refractivity contribution is 7.91. The Bertz CT molecular complexity index is 1570. The Hall–Kier alpha value is -2.71. The minimum atomic E-state index is -4.45. The summed E-state index contributed by atoms with van der Waals surface area (Å²) in [6.45, 7) is 8.89. The van der Waals surface area contributed by atoms with Crippen LogP contribution in [-0.4, -0.2) is 73.8 Å². The van der Waals surface area contributed by atoms with Crippen molar-refractivity contribution in [2.45, 2.75) is 49.7 Å². The van der Waals surface area contributed by atoms with Gasteiger partial charge in [-0.25, -0.2) is 13.4 Å². The zero-order chi connectivity index (χ0) is 31.6. The minimum Gasteiger partial charge on any atom is -0.354 e. The molecule has 238 valence electrons. The highest BCUT2D eigenvalue weighted by Gasteiger charge is 2.40. The van der Waals surface area contributed by atoms with E-state index in [2.05, 4.69) is 29.0 Å². The number of carbonyl (C=O) groups is 1. The molecule has 1 aromatic carbocycles. The summed E-state index contributed by atoms with van der Waals surface area (Å²) in [4.78, 5) is 22.7. The number of carbonyl (C=O) groups excluding carboxylic acids is 1. The van der Waals surface area contributed by atoms with Crippen molar-refractivity contribution in [1.82, 2.24) is 19.5 Å². The molecule has 3 aromatic rings. The number of benzene rings is 1. The summed E-state index contributed by atoms with van der Waals surface area (Å²) in [6, 6.07) is 10.6. The van der Waals surface area contributed by atoms with Crippen LogP contribution in [0.5, 0.6) is 0 Å². The number of hydrogen-bond acceptors (Lipinski definition) is 7. The van der Waals surface area contributed by atoms with Crippen LogP contribution in [0.15, 0.2) is 52.7 Å². The van der Waals surface area contributed by atoms with Crippen LogP contribution in [0, 0.1) is 5.92 Å². The number of halogens is 4. The van der Waals surface area contributed by atoms with Crippen molar-refractivity contribution in [2.75, 3.05) is 44.2 Å². The van der Waals surface area contributed by atoms with E-state index >= 15 is 0 Å². The smallest absolute Gasteiger partial charge is 0.354 e. The van der Waals surface area contributed by atoms with Crippen molar-refractivity contribution >= 4 is 44.7 Å². The first kappa shape index (κ1) is 32.7. The van der Waals surface area contributed by atoms with Crippen LogP contribution in [0.3, 0.4) is 0 Å². The molecule has 44 heavy (non-hydrogen) atoms. The highest BCUT2D eigenvalue weighted by Crippen LogP contribution is 2.33. The molecule has 1 N–H and O–H groups in total. The van der Waals surface area contributed by atoms with Crippen molar-refractivity contribution in [3.8, 4) is 11.3 Å². The molecule has 0 saturated carbocycles. The largest absolute Gasteiger partial charge is 0.416 e. The number of piperazine rings is 1. The Kier molecular flexibility index (Phi) is 9.90. The maximum Gasteiger partial charge on any atom is 0.416 e. The van der Waals surface area contributed by atoms with Gasteiger partial charge in [0.15, 0.2) is 0 Å². The molecule has 14 heteroatoms. The average Bonchev–Trinajstić information content (AvgIpc) is 3.66.